The molecule has 2 aliphatic heterocycles. The van der Waals surface area contributed by atoms with Crippen molar-refractivity contribution in [2.24, 2.45) is 28.0 Å². The summed E-state index contributed by atoms with van der Waals surface area (Å²) in [6, 6.07) is 11.6. The number of carbonyl (C=O) groups is 2. The average molecular weight is 746 g/mol. The van der Waals surface area contributed by atoms with Gasteiger partial charge in [-0.15, -0.1) is 4.36 Å². The van der Waals surface area contributed by atoms with Crippen molar-refractivity contribution in [3.63, 3.8) is 0 Å². The average Bonchev–Trinajstić information content (AvgIpc) is 3.82. The number of hydrogen-bond acceptors (Lipinski definition) is 7. The second-order valence-corrected chi connectivity index (χ2v) is 18.2. The predicted octanol–water partition coefficient (Wildman–Crippen LogP) is 7.01. The van der Waals surface area contributed by atoms with Crippen LogP contribution in [0.2, 0.25) is 5.02 Å². The van der Waals surface area contributed by atoms with Crippen LogP contribution >= 0.6 is 11.6 Å². The molecule has 2 aromatic carbocycles. The third kappa shape index (κ3) is 7.28. The largest absolute Gasteiger partial charge is 0.490 e. The van der Waals surface area contributed by atoms with Gasteiger partial charge in [0.05, 0.1) is 35.9 Å². The van der Waals surface area contributed by atoms with Gasteiger partial charge < -0.3 is 14.4 Å². The summed E-state index contributed by atoms with van der Waals surface area (Å²) in [6.45, 7) is 4.73. The zero-order chi connectivity index (χ0) is 36.0. The maximum atomic E-state index is 14.6. The lowest BCUT2D eigenvalue weighted by Gasteiger charge is -2.46. The van der Waals surface area contributed by atoms with E-state index in [0.29, 0.717) is 47.7 Å². The molecule has 3 aliphatic carbocycles. The number of aromatic nitrogens is 2. The molecule has 52 heavy (non-hydrogen) atoms. The fourth-order valence-corrected chi connectivity index (χ4v) is 10.8. The van der Waals surface area contributed by atoms with Crippen LogP contribution in [0.25, 0.3) is 0 Å². The van der Waals surface area contributed by atoms with Crippen LogP contribution in [0.3, 0.4) is 0 Å². The Morgan fingerprint density at radius 3 is 2.83 bits per heavy atom. The molecule has 6 atom stereocenters. The molecule has 3 heterocycles. The monoisotopic (exact) mass is 745 g/mol. The predicted molar refractivity (Wildman–Crippen MR) is 202 cm³/mol. The molecule has 0 radical (unpaired) electrons. The van der Waals surface area contributed by atoms with Gasteiger partial charge in [-0.05, 0) is 116 Å². The zero-order valence-electron chi connectivity index (χ0n) is 30.0. The Morgan fingerprint density at radius 1 is 1.17 bits per heavy atom. The van der Waals surface area contributed by atoms with Crippen LogP contribution in [0.1, 0.15) is 83.7 Å². The standard InChI is InChI=1S/C40H48ClN5O5S/c1-26-5-3-7-36(50-2)33-13-10-30(33)21-45-24-40(16-4-6-28-17-32(41)12-14-34(28)40)25-51-37-15-11-29(18-35(37)45)38(47)43-52(49,23-26)44-39(48)31-19-42-46(22-31)20-27-8-9-27/h3,7,11-12,14-15,17-19,22,26-27,30,33,36H,4-6,8-10,13,16,20-21,23-25H2,1-2H3,(H,43,44,47,48,49)/b7-3-/t26-,30-,33+,36-,40-,52?/m0/s1. The molecule has 1 N–H and O–H groups in total. The van der Waals surface area contributed by atoms with Crippen molar-refractivity contribution >= 4 is 39.0 Å². The van der Waals surface area contributed by atoms with E-state index in [-0.39, 0.29) is 23.2 Å². The number of carbonyl (C=O) groups excluding carboxylic acids is 2. The number of allylic oxidation sites excluding steroid dienone is 1. The molecule has 1 aromatic heterocycles. The molecule has 1 spiro atoms. The van der Waals surface area contributed by atoms with Crippen molar-refractivity contribution < 1.29 is 23.3 Å². The van der Waals surface area contributed by atoms with Gasteiger partial charge in [0.2, 0.25) is 0 Å². The summed E-state index contributed by atoms with van der Waals surface area (Å²) in [5, 5.41) is 5.08. The number of aryl methyl sites for hydroxylation is 1. The van der Waals surface area contributed by atoms with Crippen molar-refractivity contribution in [1.82, 2.24) is 14.5 Å². The summed E-state index contributed by atoms with van der Waals surface area (Å²) < 4.78 is 36.1. The normalized spacial score (nSPS) is 30.9. The molecule has 2 saturated carbocycles. The second-order valence-electron chi connectivity index (χ2n) is 15.8. The highest BCUT2D eigenvalue weighted by Crippen LogP contribution is 2.47. The zero-order valence-corrected chi connectivity index (χ0v) is 31.5. The SMILES string of the molecule is CO[C@H]1/C=C\C[C@H](C)CS(=O)(NC(=O)c2cnn(CC3CC3)c2)=NC(=O)c2ccc3c(c2)N(C[C@@H]2CC[C@H]21)C[C@@]1(CCCc2cc(Cl)ccc21)CO3. The van der Waals surface area contributed by atoms with Gasteiger partial charge >= 0.3 is 0 Å². The molecule has 5 aliphatic rings. The first-order chi connectivity index (χ1) is 25.1. The highest BCUT2D eigenvalue weighted by molar-refractivity contribution is 7.92. The van der Waals surface area contributed by atoms with Crippen molar-refractivity contribution in [2.75, 3.05) is 37.5 Å². The van der Waals surface area contributed by atoms with E-state index in [0.717, 1.165) is 75.3 Å². The number of ether oxygens (including phenoxy) is 2. The van der Waals surface area contributed by atoms with Gasteiger partial charge in [-0.2, -0.15) is 5.10 Å². The first-order valence-corrected chi connectivity index (χ1v) is 20.8. The van der Waals surface area contributed by atoms with Gasteiger partial charge in [-0.25, -0.2) is 4.21 Å². The molecule has 2 amide bonds. The minimum absolute atomic E-state index is 0.0147. The summed E-state index contributed by atoms with van der Waals surface area (Å²) >= 11 is 6.46. The third-order valence-electron chi connectivity index (χ3n) is 11.8. The van der Waals surface area contributed by atoms with Crippen LogP contribution in [0.5, 0.6) is 5.75 Å². The molecule has 276 valence electrons. The maximum Gasteiger partial charge on any atom is 0.286 e. The Labute approximate surface area is 311 Å². The van der Waals surface area contributed by atoms with Gasteiger partial charge in [-0.3, -0.25) is 19.0 Å². The maximum absolute atomic E-state index is 14.6. The van der Waals surface area contributed by atoms with E-state index in [1.54, 1.807) is 24.1 Å². The fraction of sp³-hybridized carbons (Fsp3) is 0.525. The number of fused-ring (bicyclic) bond motifs is 4. The number of nitrogens with one attached hydrogen (secondary N) is 1. The van der Waals surface area contributed by atoms with E-state index >= 15 is 0 Å². The van der Waals surface area contributed by atoms with Gasteiger partial charge in [0.15, 0.2) is 0 Å². The van der Waals surface area contributed by atoms with Crippen LogP contribution in [0.4, 0.5) is 5.69 Å². The van der Waals surface area contributed by atoms with Crippen LogP contribution < -0.4 is 14.4 Å². The fourth-order valence-electron chi connectivity index (χ4n) is 8.72. The van der Waals surface area contributed by atoms with Crippen molar-refractivity contribution in [3.05, 3.63) is 88.2 Å². The van der Waals surface area contributed by atoms with Gasteiger partial charge in [-0.1, -0.05) is 36.7 Å². The summed E-state index contributed by atoms with van der Waals surface area (Å²) in [5.41, 5.74) is 3.71. The third-order valence-corrected chi connectivity index (χ3v) is 14.0. The summed E-state index contributed by atoms with van der Waals surface area (Å²) in [7, 11) is -1.75. The summed E-state index contributed by atoms with van der Waals surface area (Å²) in [6.07, 6.45) is 15.4. The first-order valence-electron chi connectivity index (χ1n) is 18.7. The molecule has 2 bridgehead atoms. The van der Waals surface area contributed by atoms with Crippen LogP contribution in [0.15, 0.2) is 65.3 Å². The van der Waals surface area contributed by atoms with E-state index in [1.165, 1.54) is 17.3 Å². The molecular formula is C40H48ClN5O5S. The second kappa shape index (κ2) is 14.3. The first kappa shape index (κ1) is 35.4. The number of halogens is 1. The lowest BCUT2D eigenvalue weighted by molar-refractivity contribution is 0.0131. The Hall–Kier alpha value is -3.67. The Bertz CT molecular complexity index is 2020. The van der Waals surface area contributed by atoms with Crippen LogP contribution in [-0.4, -0.2) is 64.5 Å². The van der Waals surface area contributed by atoms with Crippen LogP contribution in [-0.2, 0) is 33.0 Å². The molecule has 2 fully saturated rings. The highest BCUT2D eigenvalue weighted by Gasteiger charge is 2.44. The van der Waals surface area contributed by atoms with Crippen molar-refractivity contribution in [3.8, 4) is 5.75 Å². The number of hydrogen-bond donors (Lipinski definition) is 1. The van der Waals surface area contributed by atoms with Crippen LogP contribution in [0, 0.1) is 23.7 Å². The molecule has 0 saturated heterocycles. The Morgan fingerprint density at radius 2 is 2.04 bits per heavy atom. The molecule has 10 nitrogen and oxygen atoms in total. The van der Waals surface area contributed by atoms with Gasteiger partial charge in [0.25, 0.3) is 11.8 Å². The van der Waals surface area contributed by atoms with E-state index < -0.39 is 21.7 Å². The molecule has 12 heteroatoms. The quantitative estimate of drug-likeness (QED) is 0.280. The Kier molecular flexibility index (Phi) is 9.72. The minimum Gasteiger partial charge on any atom is -0.490 e. The molecule has 1 unspecified atom stereocenters. The molecule has 3 aromatic rings. The van der Waals surface area contributed by atoms with Gasteiger partial charge in [0.1, 0.15) is 15.7 Å². The molecular weight excluding hydrogens is 698 g/mol. The lowest BCUT2D eigenvalue weighted by atomic mass is 9.68. The smallest absolute Gasteiger partial charge is 0.286 e. The van der Waals surface area contributed by atoms with E-state index in [2.05, 4.69) is 43.4 Å². The van der Waals surface area contributed by atoms with E-state index in [9.17, 15) is 13.8 Å². The van der Waals surface area contributed by atoms with Gasteiger partial charge in [0, 0.05) is 48.9 Å². The number of methoxy groups -OCH3 is 1. The summed E-state index contributed by atoms with van der Waals surface area (Å²) in [4.78, 5) is 29.9. The topological polar surface area (TPSA) is 115 Å². The minimum atomic E-state index is -3.52. The number of amides is 2. The number of rotatable bonds is 5. The lowest BCUT2D eigenvalue weighted by Crippen LogP contribution is -2.49. The highest BCUT2D eigenvalue weighted by atomic mass is 35.5. The Balaban J connectivity index is 1.17. The number of benzene rings is 2. The number of anilines is 1. The molecule has 8 rings (SSSR count). The van der Waals surface area contributed by atoms with E-state index in [1.807, 2.05) is 25.1 Å². The van der Waals surface area contributed by atoms with E-state index in [4.69, 9.17) is 21.1 Å². The van der Waals surface area contributed by atoms with Crippen molar-refractivity contribution in [1.29, 1.82) is 0 Å². The van der Waals surface area contributed by atoms with Crippen molar-refractivity contribution in [2.45, 2.75) is 76.4 Å². The number of nitrogens with zero attached hydrogens (tertiary/aromatic N) is 4. The summed E-state index contributed by atoms with van der Waals surface area (Å²) in [5.74, 6) is 0.710.